The van der Waals surface area contributed by atoms with Crippen LogP contribution in [0, 0.1) is 6.92 Å². The molecular formula is C12H16N2O. The van der Waals surface area contributed by atoms with Crippen LogP contribution in [0.25, 0.3) is 11.0 Å². The molecule has 1 aromatic carbocycles. The Hall–Kier alpha value is -1.51. The monoisotopic (exact) mass is 204 g/mol. The van der Waals surface area contributed by atoms with Gasteiger partial charge in [-0.3, -0.25) is 0 Å². The predicted octanol–water partition coefficient (Wildman–Crippen LogP) is 2.85. The second kappa shape index (κ2) is 3.93. The Morgan fingerprint density at radius 2 is 2.20 bits per heavy atom. The van der Waals surface area contributed by atoms with E-state index in [9.17, 15) is 5.11 Å². The average Bonchev–Trinajstić information content (AvgIpc) is 2.53. The average molecular weight is 204 g/mol. The van der Waals surface area contributed by atoms with Gasteiger partial charge in [0.05, 0.1) is 5.52 Å². The zero-order chi connectivity index (χ0) is 10.8. The van der Waals surface area contributed by atoms with Crippen molar-refractivity contribution in [2.45, 2.75) is 33.2 Å². The molecule has 1 N–H and O–H groups in total. The van der Waals surface area contributed by atoms with Crippen LogP contribution in [0.1, 0.15) is 25.6 Å². The van der Waals surface area contributed by atoms with E-state index in [0.29, 0.717) is 5.75 Å². The van der Waals surface area contributed by atoms with Gasteiger partial charge < -0.3 is 9.67 Å². The first-order valence-corrected chi connectivity index (χ1v) is 5.39. The number of para-hydroxylation sites is 1. The van der Waals surface area contributed by atoms with Crippen molar-refractivity contribution in [1.29, 1.82) is 0 Å². The molecule has 0 amide bonds. The molecule has 0 bridgehead atoms. The number of unbranched alkanes of at least 4 members (excludes halogenated alkanes) is 1. The summed E-state index contributed by atoms with van der Waals surface area (Å²) in [4.78, 5) is 4.43. The molecule has 0 atom stereocenters. The number of nitrogens with zero attached hydrogens (tertiary/aromatic N) is 2. The lowest BCUT2D eigenvalue weighted by Crippen LogP contribution is -1.99. The third-order valence-electron chi connectivity index (χ3n) is 2.67. The molecule has 0 unspecified atom stereocenters. The third kappa shape index (κ3) is 1.69. The lowest BCUT2D eigenvalue weighted by molar-refractivity contribution is 0.476. The molecule has 0 radical (unpaired) electrons. The zero-order valence-electron chi connectivity index (χ0n) is 9.20. The van der Waals surface area contributed by atoms with Crippen molar-refractivity contribution in [2.24, 2.45) is 0 Å². The number of phenolic OH excluding ortho intramolecular Hbond substituents is 1. The highest BCUT2D eigenvalue weighted by atomic mass is 16.3. The standard InChI is InChI=1S/C12H16N2O/c1-3-4-8-14-9(2)13-10-6-5-7-11(15)12(10)14/h5-7,15H,3-4,8H2,1-2H3. The van der Waals surface area contributed by atoms with Gasteiger partial charge in [0.15, 0.2) is 0 Å². The minimum absolute atomic E-state index is 0.323. The first kappa shape index (κ1) is 10.0. The smallest absolute Gasteiger partial charge is 0.141 e. The van der Waals surface area contributed by atoms with E-state index >= 15 is 0 Å². The predicted molar refractivity (Wildman–Crippen MR) is 61.0 cm³/mol. The van der Waals surface area contributed by atoms with E-state index in [-0.39, 0.29) is 0 Å². The Morgan fingerprint density at radius 3 is 2.93 bits per heavy atom. The van der Waals surface area contributed by atoms with E-state index in [0.717, 1.165) is 36.2 Å². The summed E-state index contributed by atoms with van der Waals surface area (Å²) in [5.41, 5.74) is 1.74. The van der Waals surface area contributed by atoms with Gasteiger partial charge in [-0.2, -0.15) is 0 Å². The lowest BCUT2D eigenvalue weighted by Gasteiger charge is -2.06. The quantitative estimate of drug-likeness (QED) is 0.834. The number of fused-ring (bicyclic) bond motifs is 1. The van der Waals surface area contributed by atoms with Crippen molar-refractivity contribution >= 4 is 11.0 Å². The summed E-state index contributed by atoms with van der Waals surface area (Å²) < 4.78 is 2.09. The molecule has 1 aromatic heterocycles. The molecule has 0 spiro atoms. The molecule has 0 aliphatic heterocycles. The zero-order valence-corrected chi connectivity index (χ0v) is 9.20. The number of benzene rings is 1. The van der Waals surface area contributed by atoms with Crippen LogP contribution in [-0.2, 0) is 6.54 Å². The molecule has 1 heterocycles. The molecule has 0 saturated carbocycles. The summed E-state index contributed by atoms with van der Waals surface area (Å²) in [5, 5.41) is 9.80. The minimum atomic E-state index is 0.323. The maximum absolute atomic E-state index is 9.80. The Morgan fingerprint density at radius 1 is 1.40 bits per heavy atom. The van der Waals surface area contributed by atoms with Gasteiger partial charge in [-0.05, 0) is 25.5 Å². The molecular weight excluding hydrogens is 188 g/mol. The van der Waals surface area contributed by atoms with Crippen LogP contribution >= 0.6 is 0 Å². The van der Waals surface area contributed by atoms with Gasteiger partial charge in [0.25, 0.3) is 0 Å². The van der Waals surface area contributed by atoms with Crippen molar-refractivity contribution in [3.8, 4) is 5.75 Å². The topological polar surface area (TPSA) is 38.0 Å². The number of hydrogen-bond acceptors (Lipinski definition) is 2. The Labute approximate surface area is 89.4 Å². The second-order valence-corrected chi connectivity index (χ2v) is 3.81. The number of aryl methyl sites for hydroxylation is 2. The fourth-order valence-electron chi connectivity index (χ4n) is 1.87. The highest BCUT2D eigenvalue weighted by Gasteiger charge is 2.09. The summed E-state index contributed by atoms with van der Waals surface area (Å²) in [6.45, 7) is 5.07. The molecule has 3 heteroatoms. The summed E-state index contributed by atoms with van der Waals surface area (Å²) in [7, 11) is 0. The van der Waals surface area contributed by atoms with Gasteiger partial charge in [-0.15, -0.1) is 0 Å². The summed E-state index contributed by atoms with van der Waals surface area (Å²) >= 11 is 0. The lowest BCUT2D eigenvalue weighted by atomic mass is 10.3. The van der Waals surface area contributed by atoms with Crippen LogP contribution < -0.4 is 0 Å². The number of hydrogen-bond donors (Lipinski definition) is 1. The van der Waals surface area contributed by atoms with Crippen molar-refractivity contribution in [2.75, 3.05) is 0 Å². The van der Waals surface area contributed by atoms with E-state index in [2.05, 4.69) is 16.5 Å². The summed E-state index contributed by atoms with van der Waals surface area (Å²) in [6.07, 6.45) is 2.26. The molecule has 0 aliphatic rings. The maximum Gasteiger partial charge on any atom is 0.141 e. The number of aromatic nitrogens is 2. The van der Waals surface area contributed by atoms with Crippen molar-refractivity contribution in [1.82, 2.24) is 9.55 Å². The summed E-state index contributed by atoms with van der Waals surface area (Å²) in [5.74, 6) is 1.30. The van der Waals surface area contributed by atoms with E-state index in [1.165, 1.54) is 0 Å². The van der Waals surface area contributed by atoms with Crippen molar-refractivity contribution in [3.05, 3.63) is 24.0 Å². The van der Waals surface area contributed by atoms with Crippen molar-refractivity contribution in [3.63, 3.8) is 0 Å². The number of imidazole rings is 1. The van der Waals surface area contributed by atoms with Crippen LogP contribution in [0.5, 0.6) is 5.75 Å². The SMILES string of the molecule is CCCCn1c(C)nc2cccc(O)c21. The number of rotatable bonds is 3. The van der Waals surface area contributed by atoms with Gasteiger partial charge in [0.1, 0.15) is 17.1 Å². The Bertz CT molecular complexity index is 474. The molecule has 80 valence electrons. The normalized spacial score (nSPS) is 11.1. The van der Waals surface area contributed by atoms with E-state index < -0.39 is 0 Å². The van der Waals surface area contributed by atoms with Gasteiger partial charge >= 0.3 is 0 Å². The highest BCUT2D eigenvalue weighted by molar-refractivity contribution is 5.82. The minimum Gasteiger partial charge on any atom is -0.506 e. The largest absolute Gasteiger partial charge is 0.506 e. The van der Waals surface area contributed by atoms with Gasteiger partial charge in [-0.25, -0.2) is 4.98 Å². The fraction of sp³-hybridized carbons (Fsp3) is 0.417. The maximum atomic E-state index is 9.80. The van der Waals surface area contributed by atoms with E-state index in [1.807, 2.05) is 19.1 Å². The first-order chi connectivity index (χ1) is 7.24. The van der Waals surface area contributed by atoms with Crippen LogP contribution in [0.3, 0.4) is 0 Å². The molecule has 2 aromatic rings. The fourth-order valence-corrected chi connectivity index (χ4v) is 1.87. The van der Waals surface area contributed by atoms with Gasteiger partial charge in [0.2, 0.25) is 0 Å². The van der Waals surface area contributed by atoms with Crippen molar-refractivity contribution < 1.29 is 5.11 Å². The van der Waals surface area contributed by atoms with Gasteiger partial charge in [0, 0.05) is 6.54 Å². The Kier molecular flexibility index (Phi) is 2.62. The number of aromatic hydroxyl groups is 1. The summed E-state index contributed by atoms with van der Waals surface area (Å²) in [6, 6.07) is 5.48. The highest BCUT2D eigenvalue weighted by Crippen LogP contribution is 2.25. The number of phenols is 1. The van der Waals surface area contributed by atoms with Crippen LogP contribution in [-0.4, -0.2) is 14.7 Å². The first-order valence-electron chi connectivity index (χ1n) is 5.39. The van der Waals surface area contributed by atoms with Crippen LogP contribution in [0.15, 0.2) is 18.2 Å². The van der Waals surface area contributed by atoms with Gasteiger partial charge in [-0.1, -0.05) is 19.4 Å². The molecule has 2 rings (SSSR count). The molecule has 15 heavy (non-hydrogen) atoms. The molecule has 3 nitrogen and oxygen atoms in total. The Balaban J connectivity index is 2.55. The second-order valence-electron chi connectivity index (χ2n) is 3.81. The third-order valence-corrected chi connectivity index (χ3v) is 2.67. The van der Waals surface area contributed by atoms with E-state index in [1.54, 1.807) is 6.07 Å². The molecule has 0 aliphatic carbocycles. The van der Waals surface area contributed by atoms with Crippen LogP contribution in [0.2, 0.25) is 0 Å². The van der Waals surface area contributed by atoms with E-state index in [4.69, 9.17) is 0 Å². The molecule has 0 saturated heterocycles. The molecule has 0 fully saturated rings. The van der Waals surface area contributed by atoms with Crippen LogP contribution in [0.4, 0.5) is 0 Å².